The smallest absolute Gasteiger partial charge is 0.341 e. The molecular weight excluding hydrogens is 432 g/mol. The van der Waals surface area contributed by atoms with Crippen LogP contribution in [0.5, 0.6) is 0 Å². The second-order valence-electron chi connectivity index (χ2n) is 8.02. The fourth-order valence-corrected chi connectivity index (χ4v) is 3.97. The third kappa shape index (κ3) is 4.03. The Labute approximate surface area is 196 Å². The van der Waals surface area contributed by atoms with E-state index in [1.807, 2.05) is 39.0 Å². The van der Waals surface area contributed by atoms with Gasteiger partial charge in [-0.05, 0) is 56.5 Å². The predicted octanol–water partition coefficient (Wildman–Crippen LogP) is 3.59. The van der Waals surface area contributed by atoms with Crippen LogP contribution < -0.4 is 11.0 Å². The molecule has 34 heavy (non-hydrogen) atoms. The molecule has 3 aromatic heterocycles. The number of carbonyl (C=O) groups excluding carboxylic acids is 2. The van der Waals surface area contributed by atoms with Crippen LogP contribution in [0.2, 0.25) is 0 Å². The van der Waals surface area contributed by atoms with Crippen molar-refractivity contribution in [1.29, 1.82) is 0 Å². The van der Waals surface area contributed by atoms with E-state index in [4.69, 9.17) is 9.72 Å². The van der Waals surface area contributed by atoms with Gasteiger partial charge in [0.05, 0.1) is 12.0 Å². The first-order valence-corrected chi connectivity index (χ1v) is 11.2. The van der Waals surface area contributed by atoms with Gasteiger partial charge in [-0.3, -0.25) is 14.0 Å². The van der Waals surface area contributed by atoms with Gasteiger partial charge in [0.1, 0.15) is 16.9 Å². The van der Waals surface area contributed by atoms with E-state index < -0.39 is 11.9 Å². The molecule has 1 amide bonds. The molecule has 0 aliphatic rings. The quantitative estimate of drug-likeness (QED) is 0.336. The topological polar surface area (TPSA) is 95.0 Å². The van der Waals surface area contributed by atoms with Crippen molar-refractivity contribution < 1.29 is 14.3 Å². The van der Waals surface area contributed by atoms with Gasteiger partial charge in [-0.15, -0.1) is 0 Å². The predicted molar refractivity (Wildman–Crippen MR) is 129 cm³/mol. The van der Waals surface area contributed by atoms with Crippen molar-refractivity contribution in [3.8, 4) is 0 Å². The maximum absolute atomic E-state index is 13.4. The van der Waals surface area contributed by atoms with Crippen LogP contribution in [-0.2, 0) is 11.3 Å². The molecular formula is C26H26N4O4. The van der Waals surface area contributed by atoms with Gasteiger partial charge < -0.3 is 9.30 Å². The minimum atomic E-state index is -0.653. The number of aromatic nitrogens is 3. The Morgan fingerprint density at radius 3 is 2.44 bits per heavy atom. The number of esters is 1. The summed E-state index contributed by atoms with van der Waals surface area (Å²) in [7, 11) is 0. The molecule has 8 heteroatoms. The second kappa shape index (κ2) is 9.43. The Bertz CT molecular complexity index is 1560. The first kappa shape index (κ1) is 23.1. The summed E-state index contributed by atoms with van der Waals surface area (Å²) in [4.78, 5) is 48.6. The van der Waals surface area contributed by atoms with E-state index in [0.29, 0.717) is 29.8 Å². The maximum Gasteiger partial charge on any atom is 0.341 e. The van der Waals surface area contributed by atoms with Crippen LogP contribution in [-0.4, -0.2) is 32.4 Å². The molecule has 0 N–H and O–H groups in total. The molecule has 174 valence electrons. The summed E-state index contributed by atoms with van der Waals surface area (Å²) in [6.07, 6.45) is 2.31. The minimum absolute atomic E-state index is 0.0521. The molecule has 0 unspecified atom stereocenters. The van der Waals surface area contributed by atoms with Gasteiger partial charge in [0.25, 0.3) is 11.5 Å². The molecule has 0 atom stereocenters. The third-order valence-electron chi connectivity index (χ3n) is 5.63. The Morgan fingerprint density at radius 2 is 1.74 bits per heavy atom. The lowest BCUT2D eigenvalue weighted by Gasteiger charge is -2.15. The number of hydrogen-bond donors (Lipinski definition) is 0. The minimum Gasteiger partial charge on any atom is -0.462 e. The van der Waals surface area contributed by atoms with Crippen LogP contribution >= 0.6 is 0 Å². The summed E-state index contributed by atoms with van der Waals surface area (Å²) < 4.78 is 8.38. The number of carbonyl (C=O) groups is 2. The van der Waals surface area contributed by atoms with E-state index in [9.17, 15) is 14.4 Å². The summed E-state index contributed by atoms with van der Waals surface area (Å²) in [5.41, 5.74) is 2.78. The van der Waals surface area contributed by atoms with E-state index in [2.05, 4.69) is 4.99 Å². The molecule has 0 spiro atoms. The van der Waals surface area contributed by atoms with Gasteiger partial charge >= 0.3 is 5.97 Å². The van der Waals surface area contributed by atoms with E-state index in [1.54, 1.807) is 35.9 Å². The zero-order chi connectivity index (χ0) is 24.4. The van der Waals surface area contributed by atoms with Crippen molar-refractivity contribution in [3.05, 3.63) is 86.8 Å². The van der Waals surface area contributed by atoms with Crippen molar-refractivity contribution in [3.63, 3.8) is 0 Å². The van der Waals surface area contributed by atoms with Crippen molar-refractivity contribution in [2.24, 2.45) is 4.99 Å². The molecule has 8 nitrogen and oxygen atoms in total. The summed E-state index contributed by atoms with van der Waals surface area (Å²) in [6, 6.07) is 12.2. The van der Waals surface area contributed by atoms with Crippen molar-refractivity contribution in [2.75, 3.05) is 6.61 Å². The lowest BCUT2D eigenvalue weighted by atomic mass is 10.1. The first-order valence-electron chi connectivity index (χ1n) is 11.2. The number of aryl methyl sites for hydroxylation is 3. The zero-order valence-electron chi connectivity index (χ0n) is 19.7. The van der Waals surface area contributed by atoms with Gasteiger partial charge in [0.2, 0.25) is 0 Å². The molecule has 0 radical (unpaired) electrons. The lowest BCUT2D eigenvalue weighted by Crippen LogP contribution is -2.33. The molecule has 4 aromatic rings. The van der Waals surface area contributed by atoms with Gasteiger partial charge in [-0.2, -0.15) is 4.99 Å². The number of benzene rings is 1. The van der Waals surface area contributed by atoms with Crippen LogP contribution in [0.4, 0.5) is 0 Å². The average Bonchev–Trinajstić information content (AvgIpc) is 2.81. The molecule has 0 saturated carbocycles. The number of ether oxygens (including phenoxy) is 1. The zero-order valence-corrected chi connectivity index (χ0v) is 19.7. The standard InChI is InChI=1S/C26H26N4O4/c1-5-13-29-22-19(25(32)30-14-9-11-17(4)21(30)27-22)15-20(26(33)34-6-2)23(29)28-24(31)18-12-8-7-10-16(18)3/h7-12,14-15H,5-6,13H2,1-4H3. The summed E-state index contributed by atoms with van der Waals surface area (Å²) in [5, 5.41) is 0.252. The van der Waals surface area contributed by atoms with Gasteiger partial charge in [-0.25, -0.2) is 9.78 Å². The van der Waals surface area contributed by atoms with Gasteiger partial charge in [0.15, 0.2) is 5.49 Å². The highest BCUT2D eigenvalue weighted by molar-refractivity contribution is 5.98. The largest absolute Gasteiger partial charge is 0.462 e. The van der Waals surface area contributed by atoms with E-state index in [0.717, 1.165) is 11.1 Å². The Morgan fingerprint density at radius 1 is 1.00 bits per heavy atom. The molecule has 3 heterocycles. The van der Waals surface area contributed by atoms with Crippen LogP contribution in [0.1, 0.15) is 52.1 Å². The van der Waals surface area contributed by atoms with E-state index in [-0.39, 0.29) is 28.6 Å². The number of fused-ring (bicyclic) bond motifs is 2. The Balaban J connectivity index is 2.16. The molecule has 0 aliphatic carbocycles. The number of rotatable bonds is 5. The molecule has 1 aromatic carbocycles. The average molecular weight is 459 g/mol. The van der Waals surface area contributed by atoms with Gasteiger partial charge in [0, 0.05) is 18.3 Å². The van der Waals surface area contributed by atoms with E-state index in [1.165, 1.54) is 10.5 Å². The molecule has 0 aliphatic heterocycles. The number of amides is 1. The third-order valence-corrected chi connectivity index (χ3v) is 5.63. The van der Waals surface area contributed by atoms with Crippen molar-refractivity contribution in [1.82, 2.24) is 14.0 Å². The SMILES string of the molecule is CCCn1c(=NC(=O)c2ccccc2C)c(C(=O)OCC)cc2c(=O)n3cccc(C)c3nc21. The summed E-state index contributed by atoms with van der Waals surface area (Å²) in [5.74, 6) is -1.14. The number of pyridine rings is 2. The van der Waals surface area contributed by atoms with E-state index >= 15 is 0 Å². The Hall–Kier alpha value is -4.07. The highest BCUT2D eigenvalue weighted by Crippen LogP contribution is 2.15. The number of nitrogens with zero attached hydrogens (tertiary/aromatic N) is 4. The molecule has 0 fully saturated rings. The number of hydrogen-bond acceptors (Lipinski definition) is 5. The monoisotopic (exact) mass is 458 g/mol. The highest BCUT2D eigenvalue weighted by Gasteiger charge is 2.20. The van der Waals surface area contributed by atoms with Gasteiger partial charge in [-0.1, -0.05) is 31.2 Å². The normalized spacial score (nSPS) is 11.8. The fraction of sp³-hybridized carbons (Fsp3) is 0.269. The van der Waals surface area contributed by atoms with Crippen molar-refractivity contribution >= 4 is 28.6 Å². The van der Waals surface area contributed by atoms with Crippen LogP contribution in [0.15, 0.2) is 58.4 Å². The maximum atomic E-state index is 13.4. The second-order valence-corrected chi connectivity index (χ2v) is 8.02. The highest BCUT2D eigenvalue weighted by atomic mass is 16.5. The van der Waals surface area contributed by atoms with Crippen LogP contribution in [0.25, 0.3) is 16.7 Å². The molecule has 4 rings (SSSR count). The fourth-order valence-electron chi connectivity index (χ4n) is 3.97. The Kier molecular flexibility index (Phi) is 6.40. The molecule has 0 saturated heterocycles. The molecule has 0 bridgehead atoms. The lowest BCUT2D eigenvalue weighted by molar-refractivity contribution is 0.0523. The van der Waals surface area contributed by atoms with Crippen molar-refractivity contribution in [2.45, 2.75) is 40.7 Å². The van der Waals surface area contributed by atoms with Crippen LogP contribution in [0, 0.1) is 13.8 Å². The van der Waals surface area contributed by atoms with Crippen LogP contribution in [0.3, 0.4) is 0 Å². The summed E-state index contributed by atoms with van der Waals surface area (Å²) in [6.45, 7) is 7.90. The first-order chi connectivity index (χ1) is 16.4. The summed E-state index contributed by atoms with van der Waals surface area (Å²) >= 11 is 0.